The van der Waals surface area contributed by atoms with Gasteiger partial charge >= 0.3 is 0 Å². The molecule has 0 aliphatic rings. The van der Waals surface area contributed by atoms with E-state index < -0.39 is 11.6 Å². The zero-order valence-electron chi connectivity index (χ0n) is 8.95. The van der Waals surface area contributed by atoms with Crippen LogP contribution < -0.4 is 0 Å². The smallest absolute Gasteiger partial charge is 0.163 e. The van der Waals surface area contributed by atoms with Crippen molar-refractivity contribution in [2.24, 2.45) is 0 Å². The molecule has 0 fully saturated rings. The lowest BCUT2D eigenvalue weighted by molar-refractivity contribution is 0.491. The monoisotopic (exact) mass is 222 g/mol. The van der Waals surface area contributed by atoms with Crippen LogP contribution in [0.25, 0.3) is 0 Å². The Balaban J connectivity index is 2.23. The fraction of sp³-hybridized carbons (Fsp3) is 0.250. The van der Waals surface area contributed by atoms with E-state index in [2.05, 4.69) is 5.10 Å². The summed E-state index contributed by atoms with van der Waals surface area (Å²) in [6.07, 6.45) is 2.60. The van der Waals surface area contributed by atoms with Crippen LogP contribution in [0.5, 0.6) is 0 Å². The van der Waals surface area contributed by atoms with Crippen molar-refractivity contribution in [2.45, 2.75) is 19.9 Å². The molecule has 0 saturated heterocycles. The minimum Gasteiger partial charge on any atom is -0.268 e. The molecule has 0 spiro atoms. The molecule has 0 radical (unpaired) electrons. The third-order valence-corrected chi connectivity index (χ3v) is 2.42. The summed E-state index contributed by atoms with van der Waals surface area (Å²) in [5, 5.41) is 4.22. The second-order valence-corrected chi connectivity index (χ2v) is 3.57. The Bertz CT molecular complexity index is 492. The summed E-state index contributed by atoms with van der Waals surface area (Å²) < 4.78 is 27.9. The van der Waals surface area contributed by atoms with Crippen LogP contribution in [0, 0.1) is 11.6 Å². The van der Waals surface area contributed by atoms with E-state index >= 15 is 0 Å². The summed E-state index contributed by atoms with van der Waals surface area (Å²) in [4.78, 5) is 0. The zero-order valence-corrected chi connectivity index (χ0v) is 8.95. The molecule has 2 nitrogen and oxygen atoms in total. The quantitative estimate of drug-likeness (QED) is 0.780. The first-order chi connectivity index (χ1) is 7.70. The van der Waals surface area contributed by atoms with Gasteiger partial charge in [-0.3, -0.25) is 4.68 Å². The number of hydrogen-bond donors (Lipinski definition) is 0. The lowest BCUT2D eigenvalue weighted by atomic mass is 10.2. The second kappa shape index (κ2) is 4.43. The normalized spacial score (nSPS) is 10.7. The Kier molecular flexibility index (Phi) is 2.99. The van der Waals surface area contributed by atoms with E-state index in [4.69, 9.17) is 0 Å². The molecule has 1 aromatic carbocycles. The Hall–Kier alpha value is -1.71. The summed E-state index contributed by atoms with van der Waals surface area (Å²) in [7, 11) is 0. The highest BCUT2D eigenvalue weighted by Gasteiger charge is 2.08. The van der Waals surface area contributed by atoms with Gasteiger partial charge in [-0.05, 0) is 18.6 Å². The second-order valence-electron chi connectivity index (χ2n) is 3.57. The molecule has 16 heavy (non-hydrogen) atoms. The number of halogens is 2. The van der Waals surface area contributed by atoms with Crippen LogP contribution in [0.2, 0.25) is 0 Å². The van der Waals surface area contributed by atoms with Gasteiger partial charge in [-0.2, -0.15) is 5.10 Å². The van der Waals surface area contributed by atoms with Gasteiger partial charge in [0.15, 0.2) is 11.6 Å². The van der Waals surface area contributed by atoms with Crippen molar-refractivity contribution in [1.82, 2.24) is 9.78 Å². The molecule has 1 aromatic heterocycles. The molecule has 0 saturated carbocycles. The first kappa shape index (κ1) is 10.8. The summed E-state index contributed by atoms with van der Waals surface area (Å²) in [5.41, 5.74) is 1.25. The molecule has 0 unspecified atom stereocenters. The zero-order chi connectivity index (χ0) is 11.5. The van der Waals surface area contributed by atoms with Gasteiger partial charge in [0.1, 0.15) is 0 Å². The summed E-state index contributed by atoms with van der Waals surface area (Å²) in [5.74, 6) is -1.61. The number of aromatic nitrogens is 2. The van der Waals surface area contributed by atoms with Gasteiger partial charge in [0.05, 0.1) is 12.2 Å². The maximum absolute atomic E-state index is 13.4. The molecule has 0 aliphatic carbocycles. The van der Waals surface area contributed by atoms with Gasteiger partial charge in [0.2, 0.25) is 0 Å². The van der Waals surface area contributed by atoms with Crippen LogP contribution in [0.4, 0.5) is 8.78 Å². The van der Waals surface area contributed by atoms with Crippen LogP contribution >= 0.6 is 0 Å². The average Bonchev–Trinajstić information content (AvgIpc) is 2.73. The molecule has 2 aromatic rings. The SMILES string of the molecule is CCc1ccn(Cc2cccc(F)c2F)n1. The topological polar surface area (TPSA) is 17.8 Å². The van der Waals surface area contributed by atoms with Crippen molar-refractivity contribution in [3.63, 3.8) is 0 Å². The minimum absolute atomic E-state index is 0.254. The molecule has 0 atom stereocenters. The van der Waals surface area contributed by atoms with E-state index in [0.29, 0.717) is 5.56 Å². The molecule has 0 N–H and O–H groups in total. The fourth-order valence-corrected chi connectivity index (χ4v) is 1.53. The molecule has 84 valence electrons. The number of benzene rings is 1. The lowest BCUT2D eigenvalue weighted by Crippen LogP contribution is -2.04. The first-order valence-electron chi connectivity index (χ1n) is 5.16. The van der Waals surface area contributed by atoms with Crippen molar-refractivity contribution >= 4 is 0 Å². The highest BCUT2D eigenvalue weighted by atomic mass is 19.2. The van der Waals surface area contributed by atoms with Crippen LogP contribution in [-0.4, -0.2) is 9.78 Å². The standard InChI is InChI=1S/C12H12F2N2/c1-2-10-6-7-16(15-10)8-9-4-3-5-11(13)12(9)14/h3-7H,2,8H2,1H3. The van der Waals surface area contributed by atoms with E-state index in [-0.39, 0.29) is 6.54 Å². The largest absolute Gasteiger partial charge is 0.268 e. The molecule has 4 heteroatoms. The predicted octanol–water partition coefficient (Wildman–Crippen LogP) is 2.77. The van der Waals surface area contributed by atoms with E-state index in [1.54, 1.807) is 16.9 Å². The van der Waals surface area contributed by atoms with E-state index in [1.807, 2.05) is 13.0 Å². The van der Waals surface area contributed by atoms with Gasteiger partial charge in [-0.1, -0.05) is 19.1 Å². The minimum atomic E-state index is -0.819. The average molecular weight is 222 g/mol. The van der Waals surface area contributed by atoms with Crippen LogP contribution in [0.3, 0.4) is 0 Å². The molecule has 2 rings (SSSR count). The van der Waals surface area contributed by atoms with Crippen molar-refractivity contribution in [3.8, 4) is 0 Å². The highest BCUT2D eigenvalue weighted by Crippen LogP contribution is 2.12. The Morgan fingerprint density at radius 1 is 1.25 bits per heavy atom. The van der Waals surface area contributed by atoms with Gasteiger partial charge in [0.25, 0.3) is 0 Å². The Morgan fingerprint density at radius 2 is 2.06 bits per heavy atom. The van der Waals surface area contributed by atoms with Gasteiger partial charge in [-0.25, -0.2) is 8.78 Å². The number of nitrogens with zero attached hydrogens (tertiary/aromatic N) is 2. The summed E-state index contributed by atoms with van der Waals surface area (Å²) >= 11 is 0. The van der Waals surface area contributed by atoms with E-state index in [9.17, 15) is 8.78 Å². The van der Waals surface area contributed by atoms with Crippen molar-refractivity contribution < 1.29 is 8.78 Å². The third kappa shape index (κ3) is 2.10. The first-order valence-corrected chi connectivity index (χ1v) is 5.16. The van der Waals surface area contributed by atoms with Gasteiger partial charge in [-0.15, -0.1) is 0 Å². The number of hydrogen-bond acceptors (Lipinski definition) is 1. The molecule has 0 aliphatic heterocycles. The fourth-order valence-electron chi connectivity index (χ4n) is 1.53. The van der Waals surface area contributed by atoms with Crippen LogP contribution in [-0.2, 0) is 13.0 Å². The molecule has 1 heterocycles. The summed E-state index contributed by atoms with van der Waals surface area (Å²) in [6.45, 7) is 2.25. The number of aryl methyl sites for hydroxylation is 1. The predicted molar refractivity (Wildman–Crippen MR) is 57.1 cm³/mol. The van der Waals surface area contributed by atoms with Crippen molar-refractivity contribution in [2.75, 3.05) is 0 Å². The maximum Gasteiger partial charge on any atom is 0.163 e. The lowest BCUT2D eigenvalue weighted by Gasteiger charge is -2.03. The van der Waals surface area contributed by atoms with Crippen molar-refractivity contribution in [3.05, 3.63) is 53.4 Å². The molecular formula is C12H12F2N2. The van der Waals surface area contributed by atoms with Crippen LogP contribution in [0.1, 0.15) is 18.2 Å². The maximum atomic E-state index is 13.4. The van der Waals surface area contributed by atoms with Gasteiger partial charge < -0.3 is 0 Å². The van der Waals surface area contributed by atoms with Crippen LogP contribution in [0.15, 0.2) is 30.5 Å². The van der Waals surface area contributed by atoms with Crippen molar-refractivity contribution in [1.29, 1.82) is 0 Å². The Labute approximate surface area is 92.5 Å². The third-order valence-electron chi connectivity index (χ3n) is 2.42. The molecule has 0 bridgehead atoms. The Morgan fingerprint density at radius 3 is 2.75 bits per heavy atom. The number of rotatable bonds is 3. The summed E-state index contributed by atoms with van der Waals surface area (Å²) in [6, 6.07) is 6.04. The van der Waals surface area contributed by atoms with Gasteiger partial charge in [0, 0.05) is 11.8 Å². The van der Waals surface area contributed by atoms with E-state index in [0.717, 1.165) is 18.2 Å². The molecule has 0 amide bonds. The molecular weight excluding hydrogens is 210 g/mol. The van der Waals surface area contributed by atoms with E-state index in [1.165, 1.54) is 6.07 Å². The highest BCUT2D eigenvalue weighted by molar-refractivity contribution is 5.19.